The highest BCUT2D eigenvalue weighted by Gasteiger charge is 2.24. The van der Waals surface area contributed by atoms with Crippen LogP contribution in [0.25, 0.3) is 0 Å². The quantitative estimate of drug-likeness (QED) is 0.782. The smallest absolute Gasteiger partial charge is 0.264 e. The lowest BCUT2D eigenvalue weighted by Crippen LogP contribution is -2.41. The van der Waals surface area contributed by atoms with Crippen molar-refractivity contribution < 1.29 is 9.59 Å². The van der Waals surface area contributed by atoms with Crippen LogP contribution in [0, 0.1) is 0 Å². The number of carbonyl (C=O) groups excluding carboxylic acids is 2. The van der Waals surface area contributed by atoms with Gasteiger partial charge in [-0.3, -0.25) is 14.5 Å². The van der Waals surface area contributed by atoms with E-state index in [1.807, 2.05) is 21.9 Å². The van der Waals surface area contributed by atoms with Gasteiger partial charge in [-0.05, 0) is 47.3 Å². The lowest BCUT2D eigenvalue weighted by molar-refractivity contribution is -0.131. The van der Waals surface area contributed by atoms with E-state index in [-0.39, 0.29) is 11.8 Å². The molecule has 0 bridgehead atoms. The molecule has 1 aromatic rings. The second-order valence-corrected chi connectivity index (χ2v) is 8.58. The van der Waals surface area contributed by atoms with Crippen LogP contribution in [0.5, 0.6) is 0 Å². The lowest BCUT2D eigenvalue weighted by atomic mass is 10.3. The summed E-state index contributed by atoms with van der Waals surface area (Å²) >= 11 is 4.88. The monoisotopic (exact) mass is 399 g/mol. The van der Waals surface area contributed by atoms with E-state index >= 15 is 0 Å². The number of thiophene rings is 1. The van der Waals surface area contributed by atoms with Crippen LogP contribution in [0.3, 0.4) is 0 Å². The van der Waals surface area contributed by atoms with Crippen molar-refractivity contribution in [3.8, 4) is 0 Å². The fourth-order valence-corrected chi connectivity index (χ4v) is 4.53. The van der Waals surface area contributed by atoms with E-state index in [0.717, 1.165) is 60.6 Å². The van der Waals surface area contributed by atoms with Crippen molar-refractivity contribution in [1.82, 2.24) is 14.7 Å². The summed E-state index contributed by atoms with van der Waals surface area (Å²) < 4.78 is 0.980. The normalized spacial score (nSPS) is 19.9. The third-order valence-corrected chi connectivity index (χ3v) is 6.09. The first-order chi connectivity index (χ1) is 11.1. The number of rotatable bonds is 3. The van der Waals surface area contributed by atoms with Crippen LogP contribution in [0.1, 0.15) is 28.9 Å². The predicted molar refractivity (Wildman–Crippen MR) is 94.8 cm³/mol. The minimum atomic E-state index is 0.105. The van der Waals surface area contributed by atoms with Crippen molar-refractivity contribution in [2.75, 3.05) is 45.8 Å². The maximum absolute atomic E-state index is 12.5. The van der Waals surface area contributed by atoms with Gasteiger partial charge in [0.15, 0.2) is 0 Å². The average molecular weight is 400 g/mol. The molecule has 0 aliphatic carbocycles. The molecule has 5 nitrogen and oxygen atoms in total. The van der Waals surface area contributed by atoms with Crippen LogP contribution in [0.2, 0.25) is 0 Å². The molecule has 126 valence electrons. The molecule has 1 aromatic heterocycles. The number of nitrogens with zero attached hydrogens (tertiary/aromatic N) is 3. The Hall–Kier alpha value is -0.920. The Balaban J connectivity index is 1.52. The van der Waals surface area contributed by atoms with Gasteiger partial charge in [0.2, 0.25) is 5.91 Å². The highest BCUT2D eigenvalue weighted by molar-refractivity contribution is 9.11. The second kappa shape index (κ2) is 7.77. The Kier molecular flexibility index (Phi) is 5.71. The lowest BCUT2D eigenvalue weighted by Gasteiger charge is -2.23. The molecule has 2 aliphatic rings. The molecule has 0 spiro atoms. The first-order valence-corrected chi connectivity index (χ1v) is 9.79. The molecule has 2 fully saturated rings. The molecule has 2 aliphatic heterocycles. The first kappa shape index (κ1) is 16.9. The Morgan fingerprint density at radius 3 is 2.39 bits per heavy atom. The van der Waals surface area contributed by atoms with Gasteiger partial charge in [-0.2, -0.15) is 0 Å². The van der Waals surface area contributed by atoms with Crippen LogP contribution in [0.15, 0.2) is 15.9 Å². The molecule has 0 N–H and O–H groups in total. The molecule has 0 aromatic carbocycles. The molecule has 2 amide bonds. The zero-order chi connectivity index (χ0) is 16.2. The van der Waals surface area contributed by atoms with Crippen molar-refractivity contribution in [2.24, 2.45) is 0 Å². The highest BCUT2D eigenvalue weighted by atomic mass is 79.9. The van der Waals surface area contributed by atoms with E-state index in [1.165, 1.54) is 11.3 Å². The van der Waals surface area contributed by atoms with Crippen molar-refractivity contribution in [3.63, 3.8) is 0 Å². The standard InChI is InChI=1S/C16H22BrN3O2S/c17-14-5-4-13(23-14)16(22)20-9-3-6-18(10-11-20)12-15(21)19-7-1-2-8-19/h4-5H,1-3,6-12H2. The summed E-state index contributed by atoms with van der Waals surface area (Å²) in [4.78, 5) is 31.6. The van der Waals surface area contributed by atoms with Crippen molar-refractivity contribution in [3.05, 3.63) is 20.8 Å². The molecule has 0 saturated carbocycles. The van der Waals surface area contributed by atoms with E-state index in [0.29, 0.717) is 13.1 Å². The molecule has 7 heteroatoms. The summed E-state index contributed by atoms with van der Waals surface area (Å²) in [6.07, 6.45) is 3.18. The Morgan fingerprint density at radius 1 is 0.957 bits per heavy atom. The Morgan fingerprint density at radius 2 is 1.70 bits per heavy atom. The van der Waals surface area contributed by atoms with Gasteiger partial charge in [0.25, 0.3) is 5.91 Å². The van der Waals surface area contributed by atoms with Crippen LogP contribution >= 0.6 is 27.3 Å². The van der Waals surface area contributed by atoms with Crippen molar-refractivity contribution >= 4 is 39.1 Å². The second-order valence-electron chi connectivity index (χ2n) is 6.11. The van der Waals surface area contributed by atoms with Gasteiger partial charge >= 0.3 is 0 Å². The summed E-state index contributed by atoms with van der Waals surface area (Å²) in [6.45, 7) is 5.43. The number of halogens is 1. The number of hydrogen-bond acceptors (Lipinski definition) is 4. The van der Waals surface area contributed by atoms with Gasteiger partial charge in [0.05, 0.1) is 15.2 Å². The van der Waals surface area contributed by atoms with Gasteiger partial charge in [-0.1, -0.05) is 0 Å². The van der Waals surface area contributed by atoms with E-state index < -0.39 is 0 Å². The third-order valence-electron chi connectivity index (χ3n) is 4.48. The molecule has 3 heterocycles. The SMILES string of the molecule is O=C(CN1CCCN(C(=O)c2ccc(Br)s2)CC1)N1CCCC1. The molecule has 0 atom stereocenters. The number of amides is 2. The molecule has 0 radical (unpaired) electrons. The summed E-state index contributed by atoms with van der Waals surface area (Å²) in [6, 6.07) is 3.79. The maximum Gasteiger partial charge on any atom is 0.264 e. The predicted octanol–water partition coefficient (Wildman–Crippen LogP) is 2.28. The van der Waals surface area contributed by atoms with Crippen LogP contribution in [-0.4, -0.2) is 72.3 Å². The van der Waals surface area contributed by atoms with Gasteiger partial charge in [-0.15, -0.1) is 11.3 Å². The van der Waals surface area contributed by atoms with Gasteiger partial charge < -0.3 is 9.80 Å². The Labute approximate surface area is 149 Å². The number of likely N-dealkylation sites (tertiary alicyclic amines) is 1. The number of carbonyl (C=O) groups is 2. The molecular formula is C16H22BrN3O2S. The summed E-state index contributed by atoms with van der Waals surface area (Å²) in [5.41, 5.74) is 0. The zero-order valence-electron chi connectivity index (χ0n) is 13.2. The largest absolute Gasteiger partial charge is 0.342 e. The van der Waals surface area contributed by atoms with Crippen LogP contribution in [0.4, 0.5) is 0 Å². The van der Waals surface area contributed by atoms with Crippen LogP contribution < -0.4 is 0 Å². The van der Waals surface area contributed by atoms with Gasteiger partial charge in [-0.25, -0.2) is 0 Å². The topological polar surface area (TPSA) is 43.9 Å². The van der Waals surface area contributed by atoms with Crippen molar-refractivity contribution in [1.29, 1.82) is 0 Å². The van der Waals surface area contributed by atoms with E-state index in [1.54, 1.807) is 0 Å². The molecule has 23 heavy (non-hydrogen) atoms. The highest BCUT2D eigenvalue weighted by Crippen LogP contribution is 2.23. The fourth-order valence-electron chi connectivity index (χ4n) is 3.18. The molecular weight excluding hydrogens is 378 g/mol. The fraction of sp³-hybridized carbons (Fsp3) is 0.625. The molecule has 0 unspecified atom stereocenters. The first-order valence-electron chi connectivity index (χ1n) is 8.18. The van der Waals surface area contributed by atoms with Gasteiger partial charge in [0.1, 0.15) is 0 Å². The van der Waals surface area contributed by atoms with E-state index in [9.17, 15) is 9.59 Å². The molecule has 3 rings (SSSR count). The third kappa shape index (κ3) is 4.33. The van der Waals surface area contributed by atoms with E-state index in [4.69, 9.17) is 0 Å². The minimum absolute atomic E-state index is 0.105. The van der Waals surface area contributed by atoms with E-state index in [2.05, 4.69) is 20.8 Å². The van der Waals surface area contributed by atoms with Gasteiger partial charge in [0, 0.05) is 39.3 Å². The summed E-state index contributed by atoms with van der Waals surface area (Å²) in [5.74, 6) is 0.345. The van der Waals surface area contributed by atoms with Crippen molar-refractivity contribution in [2.45, 2.75) is 19.3 Å². The number of hydrogen-bond donors (Lipinski definition) is 0. The van der Waals surface area contributed by atoms with Crippen LogP contribution in [-0.2, 0) is 4.79 Å². The summed E-state index contributed by atoms with van der Waals surface area (Å²) in [7, 11) is 0. The Bertz CT molecular complexity index is 571. The minimum Gasteiger partial charge on any atom is -0.342 e. The maximum atomic E-state index is 12.5. The summed E-state index contributed by atoms with van der Waals surface area (Å²) in [5, 5.41) is 0. The zero-order valence-corrected chi connectivity index (χ0v) is 15.6. The average Bonchev–Trinajstić information content (AvgIpc) is 3.16. The molecule has 2 saturated heterocycles.